The minimum atomic E-state index is 0.490. The van der Waals surface area contributed by atoms with Gasteiger partial charge in [-0.3, -0.25) is 0 Å². The molecule has 3 heteroatoms. The molecule has 2 N–H and O–H groups in total. The highest BCUT2D eigenvalue weighted by Gasteiger charge is 2.21. The zero-order valence-corrected chi connectivity index (χ0v) is 12.1. The molecule has 0 aromatic heterocycles. The number of nitrogens with two attached hydrogens (primary N) is 1. The van der Waals surface area contributed by atoms with E-state index in [1.54, 1.807) is 0 Å². The van der Waals surface area contributed by atoms with Crippen LogP contribution < -0.4 is 10.6 Å². The molecule has 0 radical (unpaired) electrons. The molecule has 1 aliphatic rings. The highest BCUT2D eigenvalue weighted by molar-refractivity contribution is 7.80. The maximum atomic E-state index is 5.71. The Hall–Kier alpha value is -1.09. The standard InChI is InChI=1S/C15H22N2S/c1-3-12-6-4-5-9-17(12)13-7-8-14(15(16)18)11(2)10-13/h7-8,10,12H,3-6,9H2,1-2H3,(H2,16,18). The van der Waals surface area contributed by atoms with E-state index in [0.717, 1.165) is 5.56 Å². The van der Waals surface area contributed by atoms with Crippen LogP contribution in [0.15, 0.2) is 18.2 Å². The Morgan fingerprint density at radius 1 is 1.44 bits per heavy atom. The van der Waals surface area contributed by atoms with Gasteiger partial charge in [0.1, 0.15) is 4.99 Å². The van der Waals surface area contributed by atoms with Crippen LogP contribution in [0.2, 0.25) is 0 Å². The van der Waals surface area contributed by atoms with Crippen LogP contribution in [0.25, 0.3) is 0 Å². The van der Waals surface area contributed by atoms with Gasteiger partial charge in [0.15, 0.2) is 0 Å². The van der Waals surface area contributed by atoms with Crippen molar-refractivity contribution in [1.29, 1.82) is 0 Å². The minimum absolute atomic E-state index is 0.490. The molecule has 2 nitrogen and oxygen atoms in total. The van der Waals surface area contributed by atoms with Gasteiger partial charge in [-0.2, -0.15) is 0 Å². The van der Waals surface area contributed by atoms with Crippen molar-refractivity contribution in [3.05, 3.63) is 29.3 Å². The van der Waals surface area contributed by atoms with E-state index in [1.807, 2.05) is 0 Å². The maximum Gasteiger partial charge on any atom is 0.104 e. The molecule has 1 unspecified atom stereocenters. The number of benzene rings is 1. The number of aryl methyl sites for hydroxylation is 1. The molecule has 18 heavy (non-hydrogen) atoms. The van der Waals surface area contributed by atoms with Crippen molar-refractivity contribution in [1.82, 2.24) is 0 Å². The molecule has 1 fully saturated rings. The summed E-state index contributed by atoms with van der Waals surface area (Å²) in [6.45, 7) is 5.53. The molecule has 1 saturated heterocycles. The lowest BCUT2D eigenvalue weighted by atomic mass is 9.98. The molecule has 1 atom stereocenters. The van der Waals surface area contributed by atoms with Crippen LogP contribution in [0, 0.1) is 6.92 Å². The molecule has 98 valence electrons. The van der Waals surface area contributed by atoms with Crippen molar-refractivity contribution in [2.24, 2.45) is 5.73 Å². The first-order chi connectivity index (χ1) is 8.63. The van der Waals surface area contributed by atoms with E-state index in [9.17, 15) is 0 Å². The Morgan fingerprint density at radius 3 is 2.83 bits per heavy atom. The zero-order valence-electron chi connectivity index (χ0n) is 11.3. The molecule has 1 aliphatic heterocycles. The first kappa shape index (κ1) is 13.3. The predicted octanol–water partition coefficient (Wildman–Crippen LogP) is 3.40. The molecule has 0 bridgehead atoms. The third-order valence-corrected chi connectivity index (χ3v) is 4.13. The summed E-state index contributed by atoms with van der Waals surface area (Å²) in [5.74, 6) is 0. The second kappa shape index (κ2) is 5.70. The van der Waals surface area contributed by atoms with Gasteiger partial charge in [0.2, 0.25) is 0 Å². The summed E-state index contributed by atoms with van der Waals surface area (Å²) in [6, 6.07) is 7.14. The average Bonchev–Trinajstić information content (AvgIpc) is 2.38. The molecule has 0 aliphatic carbocycles. The van der Waals surface area contributed by atoms with Crippen molar-refractivity contribution in [3.8, 4) is 0 Å². The third kappa shape index (κ3) is 2.66. The van der Waals surface area contributed by atoms with Crippen molar-refractivity contribution < 1.29 is 0 Å². The van der Waals surface area contributed by atoms with Crippen LogP contribution >= 0.6 is 12.2 Å². The lowest BCUT2D eigenvalue weighted by Gasteiger charge is -2.37. The van der Waals surface area contributed by atoms with Gasteiger partial charge in [0.25, 0.3) is 0 Å². The number of thiocarbonyl (C=S) groups is 1. The topological polar surface area (TPSA) is 29.3 Å². The normalized spacial score (nSPS) is 19.9. The Balaban J connectivity index is 2.27. The largest absolute Gasteiger partial charge is 0.389 e. The summed E-state index contributed by atoms with van der Waals surface area (Å²) in [7, 11) is 0. The molecule has 0 spiro atoms. The highest BCUT2D eigenvalue weighted by Crippen LogP contribution is 2.28. The summed E-state index contributed by atoms with van der Waals surface area (Å²) in [5.41, 5.74) is 9.21. The van der Waals surface area contributed by atoms with Gasteiger partial charge in [-0.05, 0) is 56.4 Å². The van der Waals surface area contributed by atoms with Crippen molar-refractivity contribution in [3.63, 3.8) is 0 Å². The summed E-state index contributed by atoms with van der Waals surface area (Å²) >= 11 is 5.06. The first-order valence-electron chi connectivity index (χ1n) is 6.80. The second-order valence-electron chi connectivity index (χ2n) is 5.11. The molecule has 0 saturated carbocycles. The summed E-state index contributed by atoms with van der Waals surface area (Å²) in [4.78, 5) is 3.03. The zero-order chi connectivity index (χ0) is 13.1. The van der Waals surface area contributed by atoms with Gasteiger partial charge < -0.3 is 10.6 Å². The monoisotopic (exact) mass is 262 g/mol. The Morgan fingerprint density at radius 2 is 2.22 bits per heavy atom. The fourth-order valence-electron chi connectivity index (χ4n) is 2.87. The van der Waals surface area contributed by atoms with E-state index in [4.69, 9.17) is 18.0 Å². The Labute approximate surface area is 115 Å². The van der Waals surface area contributed by atoms with Crippen molar-refractivity contribution in [2.45, 2.75) is 45.6 Å². The fraction of sp³-hybridized carbons (Fsp3) is 0.533. The van der Waals surface area contributed by atoms with Gasteiger partial charge in [0, 0.05) is 23.8 Å². The number of hydrogen-bond donors (Lipinski definition) is 1. The van der Waals surface area contributed by atoms with Crippen LogP contribution in [0.3, 0.4) is 0 Å². The van der Waals surface area contributed by atoms with Gasteiger partial charge in [0.05, 0.1) is 0 Å². The first-order valence-corrected chi connectivity index (χ1v) is 7.21. The minimum Gasteiger partial charge on any atom is -0.389 e. The third-order valence-electron chi connectivity index (χ3n) is 3.91. The van der Waals surface area contributed by atoms with E-state index in [1.165, 1.54) is 43.5 Å². The Kier molecular flexibility index (Phi) is 4.23. The smallest absolute Gasteiger partial charge is 0.104 e. The molecular formula is C15H22N2S. The number of rotatable bonds is 3. The molecular weight excluding hydrogens is 240 g/mol. The SMILES string of the molecule is CCC1CCCCN1c1ccc(C(N)=S)c(C)c1. The van der Waals surface area contributed by atoms with E-state index in [-0.39, 0.29) is 0 Å². The number of hydrogen-bond acceptors (Lipinski definition) is 2. The molecule has 2 rings (SSSR count). The lowest BCUT2D eigenvalue weighted by molar-refractivity contribution is 0.450. The molecule has 0 amide bonds. The van der Waals surface area contributed by atoms with Crippen LogP contribution in [0.4, 0.5) is 5.69 Å². The van der Waals surface area contributed by atoms with E-state index in [0.29, 0.717) is 11.0 Å². The van der Waals surface area contributed by atoms with Crippen LogP contribution in [0.1, 0.15) is 43.7 Å². The second-order valence-corrected chi connectivity index (χ2v) is 5.55. The van der Waals surface area contributed by atoms with Crippen LogP contribution in [-0.4, -0.2) is 17.6 Å². The van der Waals surface area contributed by atoms with E-state index in [2.05, 4.69) is 36.9 Å². The fourth-order valence-corrected chi connectivity index (χ4v) is 3.10. The lowest BCUT2D eigenvalue weighted by Crippen LogP contribution is -2.39. The van der Waals surface area contributed by atoms with Crippen molar-refractivity contribution in [2.75, 3.05) is 11.4 Å². The van der Waals surface area contributed by atoms with E-state index < -0.39 is 0 Å². The van der Waals surface area contributed by atoms with Gasteiger partial charge in [-0.15, -0.1) is 0 Å². The predicted molar refractivity (Wildman–Crippen MR) is 82.3 cm³/mol. The number of nitrogens with zero attached hydrogens (tertiary/aromatic N) is 1. The van der Waals surface area contributed by atoms with Crippen molar-refractivity contribution >= 4 is 22.9 Å². The molecule has 1 heterocycles. The van der Waals surface area contributed by atoms with E-state index >= 15 is 0 Å². The number of anilines is 1. The number of piperidine rings is 1. The van der Waals surface area contributed by atoms with Gasteiger partial charge >= 0.3 is 0 Å². The van der Waals surface area contributed by atoms with Gasteiger partial charge in [-0.1, -0.05) is 19.1 Å². The maximum absolute atomic E-state index is 5.71. The van der Waals surface area contributed by atoms with Gasteiger partial charge in [-0.25, -0.2) is 0 Å². The summed E-state index contributed by atoms with van der Waals surface area (Å²) in [5, 5.41) is 0. The quantitative estimate of drug-likeness (QED) is 0.847. The molecule has 1 aromatic carbocycles. The summed E-state index contributed by atoms with van der Waals surface area (Å²) < 4.78 is 0. The van der Waals surface area contributed by atoms with Crippen LogP contribution in [0.5, 0.6) is 0 Å². The summed E-state index contributed by atoms with van der Waals surface area (Å²) in [6.07, 6.45) is 5.19. The average molecular weight is 262 g/mol. The highest BCUT2D eigenvalue weighted by atomic mass is 32.1. The molecule has 1 aromatic rings. The van der Waals surface area contributed by atoms with Crippen LogP contribution in [-0.2, 0) is 0 Å². The Bertz CT molecular complexity index is 442.